The fraction of sp³-hybridized carbons (Fsp3) is 0.833. The Hall–Kier alpha value is -1.79. The van der Waals surface area contributed by atoms with E-state index in [2.05, 4.69) is 10.6 Å². The van der Waals surface area contributed by atoms with Crippen LogP contribution in [0.3, 0.4) is 0 Å². The average Bonchev–Trinajstić information content (AvgIpc) is 3.16. The van der Waals surface area contributed by atoms with Gasteiger partial charge >= 0.3 is 6.03 Å². The third kappa shape index (κ3) is 5.61. The Bertz CT molecular complexity index is 465. The molecule has 0 aromatic heterocycles. The molecule has 2 N–H and O–H groups in total. The first kappa shape index (κ1) is 19.5. The number of likely N-dealkylation sites (tertiary alicyclic amines) is 2. The quantitative estimate of drug-likeness (QED) is 0.757. The van der Waals surface area contributed by atoms with Crippen molar-refractivity contribution in [3.63, 3.8) is 0 Å². The molecule has 4 amide bonds. The predicted molar refractivity (Wildman–Crippen MR) is 96.0 cm³/mol. The van der Waals surface area contributed by atoms with Crippen molar-refractivity contribution in [1.82, 2.24) is 20.4 Å². The fourth-order valence-corrected chi connectivity index (χ4v) is 3.61. The number of carbonyl (C=O) groups excluding carboxylic acids is 3. The second kappa shape index (κ2) is 9.63. The van der Waals surface area contributed by atoms with Gasteiger partial charge in [0, 0.05) is 38.1 Å². The van der Waals surface area contributed by atoms with Gasteiger partial charge in [0.2, 0.25) is 11.8 Å². The van der Waals surface area contributed by atoms with Crippen molar-refractivity contribution in [3.05, 3.63) is 0 Å². The summed E-state index contributed by atoms with van der Waals surface area (Å²) in [6.45, 7) is 7.12. The van der Waals surface area contributed by atoms with E-state index in [-0.39, 0.29) is 36.3 Å². The Kier molecular flexibility index (Phi) is 7.52. The number of hydrogen-bond acceptors (Lipinski definition) is 3. The smallest absolute Gasteiger partial charge is 0.315 e. The highest BCUT2D eigenvalue weighted by atomic mass is 16.2. The number of carbonyl (C=O) groups is 3. The number of nitrogens with one attached hydrogen (secondary N) is 2. The van der Waals surface area contributed by atoms with Gasteiger partial charge in [-0.05, 0) is 38.5 Å². The van der Waals surface area contributed by atoms with Crippen molar-refractivity contribution in [2.75, 3.05) is 32.7 Å². The Morgan fingerprint density at radius 1 is 0.960 bits per heavy atom. The standard InChI is InChI=1S/C18H32N4O3/c1-3-14(4-2)17(24)22-11-7-15(8-12-22)20-18(25)19-13-16(23)21-9-5-6-10-21/h14-15H,3-13H2,1-2H3,(H2,19,20,25). The first-order valence-electron chi connectivity index (χ1n) is 9.66. The van der Waals surface area contributed by atoms with Crippen LogP contribution in [0.25, 0.3) is 0 Å². The van der Waals surface area contributed by atoms with Gasteiger partial charge in [0.15, 0.2) is 0 Å². The molecule has 0 radical (unpaired) electrons. The molecule has 2 aliphatic heterocycles. The van der Waals surface area contributed by atoms with E-state index in [1.807, 2.05) is 18.7 Å². The molecular formula is C18H32N4O3. The minimum absolute atomic E-state index is 0.0155. The summed E-state index contributed by atoms with van der Waals surface area (Å²) >= 11 is 0. The monoisotopic (exact) mass is 352 g/mol. The molecule has 2 aliphatic rings. The molecule has 2 heterocycles. The summed E-state index contributed by atoms with van der Waals surface area (Å²) in [5.74, 6) is 0.340. The summed E-state index contributed by atoms with van der Waals surface area (Å²) in [5.41, 5.74) is 0. The molecule has 25 heavy (non-hydrogen) atoms. The minimum Gasteiger partial charge on any atom is -0.342 e. The van der Waals surface area contributed by atoms with Crippen LogP contribution in [0.4, 0.5) is 4.79 Å². The zero-order valence-electron chi connectivity index (χ0n) is 15.6. The summed E-state index contributed by atoms with van der Waals surface area (Å²) in [6, 6.07) is -0.232. The van der Waals surface area contributed by atoms with Crippen LogP contribution in [-0.2, 0) is 9.59 Å². The molecule has 0 bridgehead atoms. The van der Waals surface area contributed by atoms with Gasteiger partial charge in [-0.1, -0.05) is 13.8 Å². The van der Waals surface area contributed by atoms with E-state index in [1.165, 1.54) is 0 Å². The van der Waals surface area contributed by atoms with Crippen LogP contribution >= 0.6 is 0 Å². The fourth-order valence-electron chi connectivity index (χ4n) is 3.61. The number of piperidine rings is 1. The summed E-state index contributed by atoms with van der Waals surface area (Å²) in [7, 11) is 0. The lowest BCUT2D eigenvalue weighted by Gasteiger charge is -2.34. The molecule has 142 valence electrons. The van der Waals surface area contributed by atoms with Crippen molar-refractivity contribution in [3.8, 4) is 0 Å². The van der Waals surface area contributed by atoms with E-state index < -0.39 is 0 Å². The van der Waals surface area contributed by atoms with Gasteiger partial charge in [-0.25, -0.2) is 4.79 Å². The molecule has 7 heteroatoms. The van der Waals surface area contributed by atoms with E-state index in [0.29, 0.717) is 13.1 Å². The van der Waals surface area contributed by atoms with Crippen LogP contribution in [0, 0.1) is 5.92 Å². The second-order valence-electron chi connectivity index (χ2n) is 7.03. The lowest BCUT2D eigenvalue weighted by atomic mass is 9.98. The number of amides is 4. The highest BCUT2D eigenvalue weighted by molar-refractivity contribution is 5.84. The topological polar surface area (TPSA) is 81.8 Å². The predicted octanol–water partition coefficient (Wildman–Crippen LogP) is 1.34. The highest BCUT2D eigenvalue weighted by Gasteiger charge is 2.27. The molecule has 0 aromatic carbocycles. The molecular weight excluding hydrogens is 320 g/mol. The summed E-state index contributed by atoms with van der Waals surface area (Å²) in [6.07, 6.45) is 5.37. The van der Waals surface area contributed by atoms with Gasteiger partial charge < -0.3 is 20.4 Å². The molecule has 0 atom stereocenters. The molecule has 0 spiro atoms. The average molecular weight is 352 g/mol. The van der Waals surface area contributed by atoms with E-state index in [9.17, 15) is 14.4 Å². The maximum Gasteiger partial charge on any atom is 0.315 e. The van der Waals surface area contributed by atoms with E-state index in [4.69, 9.17) is 0 Å². The van der Waals surface area contributed by atoms with Crippen LogP contribution in [0.2, 0.25) is 0 Å². The van der Waals surface area contributed by atoms with Gasteiger partial charge in [0.1, 0.15) is 0 Å². The van der Waals surface area contributed by atoms with Crippen molar-refractivity contribution < 1.29 is 14.4 Å². The lowest BCUT2D eigenvalue weighted by molar-refractivity contribution is -0.136. The molecule has 0 saturated carbocycles. The molecule has 0 aliphatic carbocycles. The number of urea groups is 1. The van der Waals surface area contributed by atoms with Gasteiger partial charge in [-0.2, -0.15) is 0 Å². The summed E-state index contributed by atoms with van der Waals surface area (Å²) < 4.78 is 0. The third-order valence-electron chi connectivity index (χ3n) is 5.34. The first-order chi connectivity index (χ1) is 12.0. The zero-order chi connectivity index (χ0) is 18.2. The Morgan fingerprint density at radius 2 is 1.56 bits per heavy atom. The number of nitrogens with zero attached hydrogens (tertiary/aromatic N) is 2. The van der Waals surface area contributed by atoms with Gasteiger partial charge in [-0.3, -0.25) is 9.59 Å². The maximum atomic E-state index is 12.4. The molecule has 0 unspecified atom stereocenters. The van der Waals surface area contributed by atoms with Crippen LogP contribution in [-0.4, -0.2) is 66.4 Å². The third-order valence-corrected chi connectivity index (χ3v) is 5.34. The number of rotatable bonds is 6. The Morgan fingerprint density at radius 3 is 2.12 bits per heavy atom. The Balaban J connectivity index is 1.66. The van der Waals surface area contributed by atoms with Crippen molar-refractivity contribution in [2.45, 2.75) is 58.4 Å². The summed E-state index contributed by atoms with van der Waals surface area (Å²) in [5, 5.41) is 5.58. The van der Waals surface area contributed by atoms with Crippen molar-refractivity contribution in [1.29, 1.82) is 0 Å². The first-order valence-corrected chi connectivity index (χ1v) is 9.66. The lowest BCUT2D eigenvalue weighted by Crippen LogP contribution is -2.51. The van der Waals surface area contributed by atoms with Crippen LogP contribution in [0.5, 0.6) is 0 Å². The normalized spacial score (nSPS) is 18.5. The second-order valence-corrected chi connectivity index (χ2v) is 7.03. The molecule has 2 rings (SSSR count). The molecule has 2 fully saturated rings. The van der Waals surface area contributed by atoms with Crippen LogP contribution in [0.15, 0.2) is 0 Å². The van der Waals surface area contributed by atoms with E-state index in [1.54, 1.807) is 4.90 Å². The van der Waals surface area contributed by atoms with Crippen LogP contribution < -0.4 is 10.6 Å². The van der Waals surface area contributed by atoms with Gasteiger partial charge in [0.05, 0.1) is 6.54 Å². The van der Waals surface area contributed by atoms with Crippen LogP contribution in [0.1, 0.15) is 52.4 Å². The minimum atomic E-state index is -0.294. The number of hydrogen-bond donors (Lipinski definition) is 2. The molecule has 7 nitrogen and oxygen atoms in total. The maximum absolute atomic E-state index is 12.4. The van der Waals surface area contributed by atoms with Crippen molar-refractivity contribution in [2.24, 2.45) is 5.92 Å². The highest BCUT2D eigenvalue weighted by Crippen LogP contribution is 2.17. The largest absolute Gasteiger partial charge is 0.342 e. The van der Waals surface area contributed by atoms with E-state index in [0.717, 1.165) is 51.6 Å². The van der Waals surface area contributed by atoms with Gasteiger partial charge in [-0.15, -0.1) is 0 Å². The summed E-state index contributed by atoms with van der Waals surface area (Å²) in [4.78, 5) is 40.0. The van der Waals surface area contributed by atoms with Gasteiger partial charge in [0.25, 0.3) is 0 Å². The zero-order valence-corrected chi connectivity index (χ0v) is 15.6. The SMILES string of the molecule is CCC(CC)C(=O)N1CCC(NC(=O)NCC(=O)N2CCCC2)CC1. The molecule has 2 saturated heterocycles. The van der Waals surface area contributed by atoms with Crippen molar-refractivity contribution >= 4 is 17.8 Å². The van der Waals surface area contributed by atoms with E-state index >= 15 is 0 Å². The Labute approximate surface area is 150 Å². The molecule has 0 aromatic rings.